The van der Waals surface area contributed by atoms with Crippen molar-refractivity contribution in [3.63, 3.8) is 0 Å². The van der Waals surface area contributed by atoms with E-state index in [0.29, 0.717) is 11.8 Å². The molecule has 1 aliphatic heterocycles. The largest absolute Gasteiger partial charge is 0.504 e. The van der Waals surface area contributed by atoms with Crippen LogP contribution in [0.4, 0.5) is 0 Å². The number of hydrogen-bond donors (Lipinski definition) is 2. The van der Waals surface area contributed by atoms with Gasteiger partial charge in [0.05, 0.1) is 7.11 Å². The molecule has 0 radical (unpaired) electrons. The molecule has 3 nitrogen and oxygen atoms in total. The highest BCUT2D eigenvalue weighted by Gasteiger charge is 2.16. The van der Waals surface area contributed by atoms with E-state index in [9.17, 15) is 5.11 Å². The van der Waals surface area contributed by atoms with Crippen LogP contribution in [-0.4, -0.2) is 24.8 Å². The van der Waals surface area contributed by atoms with E-state index in [1.54, 1.807) is 7.11 Å². The number of ether oxygens (including phenoxy) is 1. The molecule has 2 N–H and O–H groups in total. The molecule has 1 saturated heterocycles. The smallest absolute Gasteiger partial charge is 0.160 e. The minimum absolute atomic E-state index is 0.237. The molecule has 0 aromatic heterocycles. The number of benzene rings is 1. The van der Waals surface area contributed by atoms with Gasteiger partial charge in [-0.2, -0.15) is 0 Å². The van der Waals surface area contributed by atoms with Crippen LogP contribution >= 0.6 is 0 Å². The van der Waals surface area contributed by atoms with Crippen molar-refractivity contribution < 1.29 is 9.84 Å². The highest BCUT2D eigenvalue weighted by atomic mass is 16.5. The molecule has 0 amide bonds. The zero-order valence-corrected chi connectivity index (χ0v) is 9.92. The van der Waals surface area contributed by atoms with Gasteiger partial charge in [0.1, 0.15) is 0 Å². The molecular formula is C13H19NO2. The van der Waals surface area contributed by atoms with E-state index in [1.165, 1.54) is 24.0 Å². The average molecular weight is 221 g/mol. The van der Waals surface area contributed by atoms with Crippen molar-refractivity contribution in [3.05, 3.63) is 23.3 Å². The topological polar surface area (TPSA) is 41.5 Å². The zero-order valence-electron chi connectivity index (χ0n) is 9.92. The van der Waals surface area contributed by atoms with Gasteiger partial charge in [0.25, 0.3) is 0 Å². The van der Waals surface area contributed by atoms with E-state index in [2.05, 4.69) is 12.2 Å². The Balaban J connectivity index is 2.17. The summed E-state index contributed by atoms with van der Waals surface area (Å²) in [5.41, 5.74) is 2.39. The molecule has 1 atom stereocenters. The number of methoxy groups -OCH3 is 1. The quantitative estimate of drug-likeness (QED) is 0.820. The van der Waals surface area contributed by atoms with Crippen LogP contribution in [0, 0.1) is 6.92 Å². The van der Waals surface area contributed by atoms with Gasteiger partial charge in [0.15, 0.2) is 11.5 Å². The van der Waals surface area contributed by atoms with Crippen LogP contribution in [0.1, 0.15) is 24.0 Å². The second-order valence-electron chi connectivity index (χ2n) is 4.45. The fourth-order valence-electron chi connectivity index (χ4n) is 2.29. The summed E-state index contributed by atoms with van der Waals surface area (Å²) in [4.78, 5) is 0. The second kappa shape index (κ2) is 4.74. The zero-order chi connectivity index (χ0) is 11.5. The molecule has 3 heteroatoms. The van der Waals surface area contributed by atoms with Crippen molar-refractivity contribution in [2.24, 2.45) is 0 Å². The Labute approximate surface area is 96.4 Å². The first-order valence-electron chi connectivity index (χ1n) is 5.80. The third-order valence-corrected chi connectivity index (χ3v) is 3.27. The van der Waals surface area contributed by atoms with Crippen molar-refractivity contribution in [1.82, 2.24) is 5.32 Å². The van der Waals surface area contributed by atoms with Crippen LogP contribution in [0.15, 0.2) is 12.1 Å². The lowest BCUT2D eigenvalue weighted by Crippen LogP contribution is -2.23. The molecule has 1 heterocycles. The molecule has 1 aromatic rings. The van der Waals surface area contributed by atoms with Gasteiger partial charge < -0.3 is 15.2 Å². The van der Waals surface area contributed by atoms with Crippen LogP contribution in [0.25, 0.3) is 0 Å². The lowest BCUT2D eigenvalue weighted by molar-refractivity contribution is 0.372. The predicted octanol–water partition coefficient (Wildman–Crippen LogP) is 2.00. The maximum absolute atomic E-state index is 9.74. The number of aryl methyl sites for hydroxylation is 1. The second-order valence-corrected chi connectivity index (χ2v) is 4.45. The molecule has 1 unspecified atom stereocenters. The fourth-order valence-corrected chi connectivity index (χ4v) is 2.29. The van der Waals surface area contributed by atoms with Crippen molar-refractivity contribution in [1.29, 1.82) is 0 Å². The predicted molar refractivity (Wildman–Crippen MR) is 64.1 cm³/mol. The number of rotatable bonds is 3. The van der Waals surface area contributed by atoms with E-state index in [-0.39, 0.29) is 5.75 Å². The molecule has 1 fully saturated rings. The van der Waals surface area contributed by atoms with Gasteiger partial charge in [-0.1, -0.05) is 0 Å². The standard InChI is InChI=1S/C13H19NO2/c1-9-6-13(16-2)12(15)8-10(9)7-11-4-3-5-14-11/h6,8,11,14-15H,3-5,7H2,1-2H3. The fraction of sp³-hybridized carbons (Fsp3) is 0.538. The Morgan fingerprint density at radius 2 is 2.31 bits per heavy atom. The Morgan fingerprint density at radius 3 is 2.94 bits per heavy atom. The maximum atomic E-state index is 9.74. The van der Waals surface area contributed by atoms with Gasteiger partial charge in [-0.05, 0) is 56.0 Å². The number of phenols is 1. The van der Waals surface area contributed by atoms with Gasteiger partial charge in [-0.25, -0.2) is 0 Å². The summed E-state index contributed by atoms with van der Waals surface area (Å²) in [5, 5.41) is 13.2. The monoisotopic (exact) mass is 221 g/mol. The summed E-state index contributed by atoms with van der Waals surface area (Å²) in [6.45, 7) is 3.18. The summed E-state index contributed by atoms with van der Waals surface area (Å²) < 4.78 is 5.09. The highest BCUT2D eigenvalue weighted by molar-refractivity contribution is 5.46. The third-order valence-electron chi connectivity index (χ3n) is 3.27. The van der Waals surface area contributed by atoms with Gasteiger partial charge in [-0.3, -0.25) is 0 Å². The molecule has 0 spiro atoms. The van der Waals surface area contributed by atoms with Crippen molar-refractivity contribution in [3.8, 4) is 11.5 Å². The van der Waals surface area contributed by atoms with Gasteiger partial charge in [-0.15, -0.1) is 0 Å². The maximum Gasteiger partial charge on any atom is 0.160 e. The van der Waals surface area contributed by atoms with E-state index in [0.717, 1.165) is 13.0 Å². The van der Waals surface area contributed by atoms with E-state index in [1.807, 2.05) is 12.1 Å². The van der Waals surface area contributed by atoms with Crippen LogP contribution < -0.4 is 10.1 Å². The normalized spacial score (nSPS) is 20.0. The Morgan fingerprint density at radius 1 is 1.50 bits per heavy atom. The Kier molecular flexibility index (Phi) is 3.34. The number of aromatic hydroxyl groups is 1. The van der Waals surface area contributed by atoms with Gasteiger partial charge in [0, 0.05) is 6.04 Å². The molecule has 2 rings (SSSR count). The van der Waals surface area contributed by atoms with Crippen LogP contribution in [-0.2, 0) is 6.42 Å². The van der Waals surface area contributed by atoms with Crippen molar-refractivity contribution in [2.45, 2.75) is 32.2 Å². The van der Waals surface area contributed by atoms with Crippen LogP contribution in [0.2, 0.25) is 0 Å². The third kappa shape index (κ3) is 2.30. The summed E-state index contributed by atoms with van der Waals surface area (Å²) >= 11 is 0. The lowest BCUT2D eigenvalue weighted by atomic mass is 9.99. The molecule has 16 heavy (non-hydrogen) atoms. The molecule has 0 bridgehead atoms. The average Bonchev–Trinajstić information content (AvgIpc) is 2.75. The molecule has 1 aliphatic rings. The summed E-state index contributed by atoms with van der Waals surface area (Å²) in [6, 6.07) is 4.29. The minimum atomic E-state index is 0.237. The van der Waals surface area contributed by atoms with Crippen LogP contribution in [0.5, 0.6) is 11.5 Å². The molecule has 88 valence electrons. The summed E-state index contributed by atoms with van der Waals surface area (Å²) in [5.74, 6) is 0.793. The number of hydrogen-bond acceptors (Lipinski definition) is 3. The lowest BCUT2D eigenvalue weighted by Gasteiger charge is -2.14. The van der Waals surface area contributed by atoms with Crippen LogP contribution in [0.3, 0.4) is 0 Å². The first kappa shape index (κ1) is 11.3. The Hall–Kier alpha value is -1.22. The number of phenolic OH excluding ortho intramolecular Hbond substituents is 1. The Bertz CT molecular complexity index is 370. The highest BCUT2D eigenvalue weighted by Crippen LogP contribution is 2.30. The number of nitrogens with one attached hydrogen (secondary N) is 1. The van der Waals surface area contributed by atoms with Crippen molar-refractivity contribution in [2.75, 3.05) is 13.7 Å². The summed E-state index contributed by atoms with van der Waals surface area (Å²) in [7, 11) is 1.58. The van der Waals surface area contributed by atoms with Crippen molar-refractivity contribution >= 4 is 0 Å². The molecule has 1 aromatic carbocycles. The minimum Gasteiger partial charge on any atom is -0.504 e. The van der Waals surface area contributed by atoms with E-state index >= 15 is 0 Å². The van der Waals surface area contributed by atoms with Gasteiger partial charge >= 0.3 is 0 Å². The van der Waals surface area contributed by atoms with E-state index in [4.69, 9.17) is 4.74 Å². The van der Waals surface area contributed by atoms with E-state index < -0.39 is 0 Å². The molecule has 0 aliphatic carbocycles. The molecule has 0 saturated carbocycles. The van der Waals surface area contributed by atoms with Gasteiger partial charge in [0.2, 0.25) is 0 Å². The first-order valence-corrected chi connectivity index (χ1v) is 5.80. The molecular weight excluding hydrogens is 202 g/mol. The SMILES string of the molecule is COc1cc(C)c(CC2CCCN2)cc1O. The first-order chi connectivity index (χ1) is 7.70. The summed E-state index contributed by atoms with van der Waals surface area (Å²) in [6.07, 6.45) is 3.47.